The van der Waals surface area contributed by atoms with Crippen LogP contribution in [0.4, 0.5) is 5.82 Å². The van der Waals surface area contributed by atoms with Gasteiger partial charge in [0.2, 0.25) is 0 Å². The lowest BCUT2D eigenvalue weighted by Crippen LogP contribution is -2.09. The van der Waals surface area contributed by atoms with Crippen molar-refractivity contribution in [3.63, 3.8) is 0 Å². The molecule has 2 heterocycles. The van der Waals surface area contributed by atoms with Gasteiger partial charge in [0, 0.05) is 13.2 Å². The third kappa shape index (κ3) is 4.91. The molecular formula is C15H23N3O2S. The predicted octanol–water partition coefficient (Wildman–Crippen LogP) is 3.46. The molecule has 6 heteroatoms. The number of nitrogens with zero attached hydrogens (tertiary/aromatic N) is 2. The Bertz CT molecular complexity index is 545. The van der Waals surface area contributed by atoms with Crippen molar-refractivity contribution in [2.75, 3.05) is 31.7 Å². The maximum atomic E-state index is 5.58. The van der Waals surface area contributed by atoms with E-state index < -0.39 is 0 Å². The van der Waals surface area contributed by atoms with Crippen LogP contribution in [-0.4, -0.2) is 36.3 Å². The molecule has 21 heavy (non-hydrogen) atoms. The number of anilines is 1. The molecule has 2 aromatic rings. The van der Waals surface area contributed by atoms with Crippen LogP contribution in [0.25, 0.3) is 10.2 Å². The minimum atomic E-state index is 0.421. The average Bonchev–Trinajstić information content (AvgIpc) is 2.97. The van der Waals surface area contributed by atoms with Gasteiger partial charge in [-0.1, -0.05) is 13.8 Å². The molecule has 0 saturated heterocycles. The molecular weight excluding hydrogens is 286 g/mol. The van der Waals surface area contributed by atoms with E-state index in [-0.39, 0.29) is 0 Å². The van der Waals surface area contributed by atoms with Crippen LogP contribution in [-0.2, 0) is 16.1 Å². The van der Waals surface area contributed by atoms with Crippen LogP contribution >= 0.6 is 11.3 Å². The van der Waals surface area contributed by atoms with E-state index in [1.807, 2.05) is 5.38 Å². The second-order valence-corrected chi connectivity index (χ2v) is 5.61. The number of hydrogen-bond acceptors (Lipinski definition) is 6. The minimum Gasteiger partial charge on any atom is -0.379 e. The van der Waals surface area contributed by atoms with Gasteiger partial charge in [0.25, 0.3) is 0 Å². The third-order valence-corrected chi connectivity index (χ3v) is 3.67. The SMILES string of the molecule is CCCNc1nc(COCCOCCC)nc2sccc12. The Kier molecular flexibility index (Phi) is 6.85. The summed E-state index contributed by atoms with van der Waals surface area (Å²) in [6.07, 6.45) is 2.10. The van der Waals surface area contributed by atoms with Gasteiger partial charge in [-0.2, -0.15) is 0 Å². The van der Waals surface area contributed by atoms with Crippen LogP contribution < -0.4 is 5.32 Å². The van der Waals surface area contributed by atoms with Crippen molar-refractivity contribution < 1.29 is 9.47 Å². The molecule has 5 nitrogen and oxygen atoms in total. The van der Waals surface area contributed by atoms with Crippen LogP contribution in [0.1, 0.15) is 32.5 Å². The molecule has 0 bridgehead atoms. The summed E-state index contributed by atoms with van der Waals surface area (Å²) in [5.41, 5.74) is 0. The van der Waals surface area contributed by atoms with E-state index in [0.29, 0.717) is 19.8 Å². The van der Waals surface area contributed by atoms with Gasteiger partial charge in [-0.25, -0.2) is 9.97 Å². The third-order valence-electron chi connectivity index (χ3n) is 2.87. The van der Waals surface area contributed by atoms with Gasteiger partial charge in [0.15, 0.2) is 5.82 Å². The van der Waals surface area contributed by atoms with Crippen LogP contribution in [0.15, 0.2) is 11.4 Å². The average molecular weight is 309 g/mol. The number of aromatic nitrogens is 2. The molecule has 0 aliphatic rings. The lowest BCUT2D eigenvalue weighted by Gasteiger charge is -2.08. The van der Waals surface area contributed by atoms with Crippen molar-refractivity contribution >= 4 is 27.4 Å². The summed E-state index contributed by atoms with van der Waals surface area (Å²) in [5.74, 6) is 1.63. The van der Waals surface area contributed by atoms with Crippen molar-refractivity contribution in [1.82, 2.24) is 9.97 Å². The first kappa shape index (κ1) is 16.1. The molecule has 2 aromatic heterocycles. The summed E-state index contributed by atoms with van der Waals surface area (Å²) in [4.78, 5) is 10.1. The summed E-state index contributed by atoms with van der Waals surface area (Å²) in [6.45, 7) is 7.54. The molecule has 2 rings (SSSR count). The molecule has 0 spiro atoms. The standard InChI is InChI=1S/C15H23N3O2S/c1-3-6-16-14-12-5-10-21-15(12)18-13(17-14)11-20-9-8-19-7-4-2/h5,10H,3-4,6-9,11H2,1-2H3,(H,16,17,18). The van der Waals surface area contributed by atoms with Crippen molar-refractivity contribution in [3.05, 3.63) is 17.3 Å². The number of fused-ring (bicyclic) bond motifs is 1. The van der Waals surface area contributed by atoms with Gasteiger partial charge < -0.3 is 14.8 Å². The molecule has 0 atom stereocenters. The quantitative estimate of drug-likeness (QED) is 0.681. The van der Waals surface area contributed by atoms with E-state index in [2.05, 4.69) is 35.2 Å². The highest BCUT2D eigenvalue weighted by molar-refractivity contribution is 7.16. The summed E-state index contributed by atoms with van der Waals surface area (Å²) in [7, 11) is 0. The van der Waals surface area contributed by atoms with E-state index in [4.69, 9.17) is 9.47 Å². The van der Waals surface area contributed by atoms with E-state index in [9.17, 15) is 0 Å². The molecule has 0 aliphatic heterocycles. The molecule has 116 valence electrons. The monoisotopic (exact) mass is 309 g/mol. The Morgan fingerprint density at radius 1 is 1.10 bits per heavy atom. The minimum absolute atomic E-state index is 0.421. The molecule has 0 aliphatic carbocycles. The zero-order valence-electron chi connectivity index (χ0n) is 12.7. The van der Waals surface area contributed by atoms with Gasteiger partial charge in [-0.05, 0) is 24.3 Å². The Morgan fingerprint density at radius 2 is 1.95 bits per heavy atom. The molecule has 0 saturated carbocycles. The highest BCUT2D eigenvalue weighted by Crippen LogP contribution is 2.25. The van der Waals surface area contributed by atoms with Gasteiger partial charge in [0.1, 0.15) is 17.3 Å². The first-order valence-corrected chi connectivity index (χ1v) is 8.36. The van der Waals surface area contributed by atoms with Gasteiger partial charge in [-0.15, -0.1) is 11.3 Å². The van der Waals surface area contributed by atoms with E-state index in [0.717, 1.165) is 47.9 Å². The fourth-order valence-electron chi connectivity index (χ4n) is 1.87. The predicted molar refractivity (Wildman–Crippen MR) is 87.0 cm³/mol. The number of hydrogen-bond donors (Lipinski definition) is 1. The fraction of sp³-hybridized carbons (Fsp3) is 0.600. The lowest BCUT2D eigenvalue weighted by atomic mass is 10.3. The molecule has 0 amide bonds. The van der Waals surface area contributed by atoms with Crippen molar-refractivity contribution in [2.24, 2.45) is 0 Å². The van der Waals surface area contributed by atoms with Crippen molar-refractivity contribution in [2.45, 2.75) is 33.3 Å². The Morgan fingerprint density at radius 3 is 2.76 bits per heavy atom. The number of nitrogens with one attached hydrogen (secondary N) is 1. The topological polar surface area (TPSA) is 56.3 Å². The normalized spacial score (nSPS) is 11.1. The largest absolute Gasteiger partial charge is 0.379 e. The summed E-state index contributed by atoms with van der Waals surface area (Å²) >= 11 is 1.63. The molecule has 0 unspecified atom stereocenters. The van der Waals surface area contributed by atoms with Gasteiger partial charge in [-0.3, -0.25) is 0 Å². The summed E-state index contributed by atoms with van der Waals surface area (Å²) in [5, 5.41) is 6.49. The van der Waals surface area contributed by atoms with Gasteiger partial charge in [0.05, 0.1) is 18.6 Å². The highest BCUT2D eigenvalue weighted by Gasteiger charge is 2.08. The van der Waals surface area contributed by atoms with Gasteiger partial charge >= 0.3 is 0 Å². The first-order chi connectivity index (χ1) is 10.3. The summed E-state index contributed by atoms with van der Waals surface area (Å²) in [6, 6.07) is 2.06. The molecule has 0 radical (unpaired) electrons. The zero-order valence-corrected chi connectivity index (χ0v) is 13.5. The van der Waals surface area contributed by atoms with E-state index >= 15 is 0 Å². The summed E-state index contributed by atoms with van der Waals surface area (Å²) < 4.78 is 11.0. The molecule has 0 fully saturated rings. The van der Waals surface area contributed by atoms with Crippen molar-refractivity contribution in [3.8, 4) is 0 Å². The fourth-order valence-corrected chi connectivity index (χ4v) is 2.65. The van der Waals surface area contributed by atoms with Crippen LogP contribution in [0, 0.1) is 0 Å². The Labute approximate surface area is 129 Å². The van der Waals surface area contributed by atoms with Crippen LogP contribution in [0.2, 0.25) is 0 Å². The van der Waals surface area contributed by atoms with Crippen molar-refractivity contribution in [1.29, 1.82) is 0 Å². The smallest absolute Gasteiger partial charge is 0.158 e. The maximum absolute atomic E-state index is 5.58. The Balaban J connectivity index is 1.93. The van der Waals surface area contributed by atoms with Crippen LogP contribution in [0.3, 0.4) is 0 Å². The zero-order chi connectivity index (χ0) is 14.9. The number of rotatable bonds is 10. The van der Waals surface area contributed by atoms with E-state index in [1.165, 1.54) is 0 Å². The Hall–Kier alpha value is -1.24. The number of ether oxygens (including phenoxy) is 2. The first-order valence-electron chi connectivity index (χ1n) is 7.48. The maximum Gasteiger partial charge on any atom is 0.158 e. The van der Waals surface area contributed by atoms with E-state index in [1.54, 1.807) is 11.3 Å². The second-order valence-electron chi connectivity index (χ2n) is 4.72. The molecule has 1 N–H and O–H groups in total. The lowest BCUT2D eigenvalue weighted by molar-refractivity contribution is 0.0387. The number of thiophene rings is 1. The molecule has 0 aromatic carbocycles. The highest BCUT2D eigenvalue weighted by atomic mass is 32.1. The van der Waals surface area contributed by atoms with Crippen LogP contribution in [0.5, 0.6) is 0 Å². The second kappa shape index (κ2) is 8.92.